The van der Waals surface area contributed by atoms with Gasteiger partial charge in [0.15, 0.2) is 17.5 Å². The van der Waals surface area contributed by atoms with E-state index in [4.69, 9.17) is 19.4 Å². The highest BCUT2D eigenvalue weighted by Gasteiger charge is 2.25. The molecule has 0 amide bonds. The van der Waals surface area contributed by atoms with Gasteiger partial charge >= 0.3 is 0 Å². The molecule has 0 unspecified atom stereocenters. The van der Waals surface area contributed by atoms with Crippen LogP contribution in [0, 0.1) is 0 Å². The number of benzene rings is 12. The summed E-state index contributed by atoms with van der Waals surface area (Å²) in [5, 5.41) is 6.75. The van der Waals surface area contributed by atoms with Gasteiger partial charge < -0.3 is 13.6 Å². The van der Waals surface area contributed by atoms with Crippen molar-refractivity contribution in [2.24, 2.45) is 0 Å². The third-order valence-corrected chi connectivity index (χ3v) is 16.0. The third-order valence-electron chi connectivity index (χ3n) is 16.0. The van der Waals surface area contributed by atoms with Crippen LogP contribution in [0.1, 0.15) is 0 Å². The summed E-state index contributed by atoms with van der Waals surface area (Å²) in [7, 11) is 0. The highest BCUT2D eigenvalue weighted by molar-refractivity contribution is 6.22. The second kappa shape index (κ2) is 18.9. The molecule has 16 aromatic rings. The van der Waals surface area contributed by atoms with Crippen LogP contribution in [0.2, 0.25) is 0 Å². The van der Waals surface area contributed by atoms with E-state index >= 15 is 0 Å². The molecular formula is C75H47N5O. The van der Waals surface area contributed by atoms with Crippen LogP contribution in [0.15, 0.2) is 290 Å². The fourth-order valence-corrected chi connectivity index (χ4v) is 12.2. The molecule has 16 rings (SSSR count). The summed E-state index contributed by atoms with van der Waals surface area (Å²) >= 11 is 0. The fraction of sp³-hybridized carbons (Fsp3) is 0. The van der Waals surface area contributed by atoms with E-state index in [1.165, 1.54) is 16.3 Å². The van der Waals surface area contributed by atoms with Crippen LogP contribution in [0.4, 0.5) is 0 Å². The molecule has 6 nitrogen and oxygen atoms in total. The first-order valence-electron chi connectivity index (χ1n) is 27.4. The quantitative estimate of drug-likeness (QED) is 0.145. The van der Waals surface area contributed by atoms with Crippen molar-refractivity contribution in [3.05, 3.63) is 285 Å². The Hall–Kier alpha value is -11.0. The first-order valence-corrected chi connectivity index (χ1v) is 27.4. The van der Waals surface area contributed by atoms with E-state index in [9.17, 15) is 0 Å². The maximum absolute atomic E-state index is 6.33. The third kappa shape index (κ3) is 7.76. The van der Waals surface area contributed by atoms with Crippen LogP contribution in [0.25, 0.3) is 156 Å². The molecule has 4 heterocycles. The number of para-hydroxylation sites is 3. The summed E-state index contributed by atoms with van der Waals surface area (Å²) in [5.41, 5.74) is 19.8. The smallest absolute Gasteiger partial charge is 0.166 e. The molecule has 0 aliphatic heterocycles. The van der Waals surface area contributed by atoms with E-state index in [0.29, 0.717) is 17.5 Å². The van der Waals surface area contributed by atoms with E-state index < -0.39 is 0 Å². The minimum atomic E-state index is 0.553. The molecule has 0 saturated carbocycles. The molecule has 81 heavy (non-hydrogen) atoms. The molecule has 0 bridgehead atoms. The van der Waals surface area contributed by atoms with Crippen LogP contribution in [0.5, 0.6) is 0 Å². The summed E-state index contributed by atoms with van der Waals surface area (Å²) in [4.78, 5) is 16.3. The van der Waals surface area contributed by atoms with Gasteiger partial charge in [0, 0.05) is 54.7 Å². The minimum Gasteiger partial charge on any atom is -0.456 e. The maximum atomic E-state index is 6.33. The number of rotatable bonds is 9. The van der Waals surface area contributed by atoms with Gasteiger partial charge in [0.1, 0.15) is 11.2 Å². The van der Waals surface area contributed by atoms with Crippen molar-refractivity contribution < 1.29 is 4.42 Å². The van der Waals surface area contributed by atoms with E-state index in [1.807, 2.05) is 30.3 Å². The van der Waals surface area contributed by atoms with Gasteiger partial charge in [0.25, 0.3) is 0 Å². The lowest BCUT2D eigenvalue weighted by atomic mass is 9.95. The van der Waals surface area contributed by atoms with Gasteiger partial charge in [-0.25, -0.2) is 15.0 Å². The summed E-state index contributed by atoms with van der Waals surface area (Å²) in [6.07, 6.45) is 0. The first kappa shape index (κ1) is 46.2. The van der Waals surface area contributed by atoms with Gasteiger partial charge in [-0.2, -0.15) is 0 Å². The standard InChI is InChI=1S/C75H47N5O/c1-5-19-48(20-6-1)51-35-37-52(38-36-51)73-76-74(55-41-44-70-63(45-55)57-27-14-16-34-69(57)81-70)78-75(77-73)62-43-40-54(50-23-9-3-10-24-50)47-68(62)80-66-33-18-30-59(72(66)61-42-39-53(46-67(61)80)49-21-7-2-8-22-49)58-29-17-32-65-71(58)60-28-13-15-31-64(60)79(65)56-25-11-4-12-26-56/h1-47H. The summed E-state index contributed by atoms with van der Waals surface area (Å²) in [6, 6.07) is 101. The second-order valence-electron chi connectivity index (χ2n) is 20.7. The number of fused-ring (bicyclic) bond motifs is 9. The minimum absolute atomic E-state index is 0.553. The molecule has 6 heteroatoms. The number of hydrogen-bond donors (Lipinski definition) is 0. The van der Waals surface area contributed by atoms with Crippen molar-refractivity contribution in [1.82, 2.24) is 24.1 Å². The van der Waals surface area contributed by atoms with Gasteiger partial charge in [-0.3, -0.25) is 0 Å². The van der Waals surface area contributed by atoms with Gasteiger partial charge in [-0.1, -0.05) is 212 Å². The highest BCUT2D eigenvalue weighted by atomic mass is 16.3. The van der Waals surface area contributed by atoms with Crippen molar-refractivity contribution in [2.75, 3.05) is 0 Å². The Bertz CT molecular complexity index is 5080. The van der Waals surface area contributed by atoms with Crippen LogP contribution in [-0.4, -0.2) is 24.1 Å². The van der Waals surface area contributed by atoms with Crippen LogP contribution >= 0.6 is 0 Å². The molecule has 12 aromatic carbocycles. The molecule has 0 fully saturated rings. The Labute approximate surface area is 466 Å². The van der Waals surface area contributed by atoms with Gasteiger partial charge in [-0.15, -0.1) is 0 Å². The van der Waals surface area contributed by atoms with Crippen molar-refractivity contribution >= 4 is 65.6 Å². The van der Waals surface area contributed by atoms with Crippen molar-refractivity contribution in [1.29, 1.82) is 0 Å². The van der Waals surface area contributed by atoms with Crippen molar-refractivity contribution in [3.8, 4) is 90.0 Å². The molecule has 0 saturated heterocycles. The van der Waals surface area contributed by atoms with Gasteiger partial charge in [-0.05, 0) is 117 Å². The van der Waals surface area contributed by atoms with Crippen LogP contribution in [-0.2, 0) is 0 Å². The molecular weight excluding hydrogens is 987 g/mol. The Morgan fingerprint density at radius 3 is 1.41 bits per heavy atom. The molecule has 0 spiro atoms. The Morgan fingerprint density at radius 1 is 0.247 bits per heavy atom. The van der Waals surface area contributed by atoms with E-state index in [0.717, 1.165) is 122 Å². The molecule has 0 radical (unpaired) electrons. The summed E-state index contributed by atoms with van der Waals surface area (Å²) in [5.74, 6) is 1.69. The molecule has 0 atom stereocenters. The number of nitrogens with zero attached hydrogens (tertiary/aromatic N) is 5. The number of hydrogen-bond acceptors (Lipinski definition) is 4. The van der Waals surface area contributed by atoms with Gasteiger partial charge in [0.2, 0.25) is 0 Å². The lowest BCUT2D eigenvalue weighted by Crippen LogP contribution is -2.04. The van der Waals surface area contributed by atoms with Crippen molar-refractivity contribution in [3.63, 3.8) is 0 Å². The Kier molecular flexibility index (Phi) is 10.8. The van der Waals surface area contributed by atoms with E-state index in [1.54, 1.807) is 0 Å². The molecule has 0 aliphatic carbocycles. The van der Waals surface area contributed by atoms with Crippen LogP contribution < -0.4 is 0 Å². The number of furan rings is 1. The average molecular weight is 1030 g/mol. The zero-order chi connectivity index (χ0) is 53.4. The predicted molar refractivity (Wildman–Crippen MR) is 334 cm³/mol. The average Bonchev–Trinajstić information content (AvgIpc) is 3.80. The SMILES string of the molecule is c1ccc(-c2ccc(-c3nc(-c4ccc5oc6ccccc6c5c4)nc(-c4ccc(-c5ccccc5)cc4-n4c5cc(-c6ccccc6)ccc5c5c(-c6cccc7c6c6ccccc6n7-c6ccccc6)cccc54)n3)cc2)cc1. The predicted octanol–water partition coefficient (Wildman–Crippen LogP) is 19.6. The summed E-state index contributed by atoms with van der Waals surface area (Å²) < 4.78 is 11.2. The second-order valence-corrected chi connectivity index (χ2v) is 20.7. The summed E-state index contributed by atoms with van der Waals surface area (Å²) in [6.45, 7) is 0. The van der Waals surface area contributed by atoms with Gasteiger partial charge in [0.05, 0.1) is 27.8 Å². The molecule has 0 N–H and O–H groups in total. The topological polar surface area (TPSA) is 61.7 Å². The Balaban J connectivity index is 0.981. The first-order chi connectivity index (χ1) is 40.2. The molecule has 0 aliphatic rings. The zero-order valence-electron chi connectivity index (χ0n) is 43.8. The normalized spacial score (nSPS) is 11.7. The fourth-order valence-electron chi connectivity index (χ4n) is 12.2. The number of aromatic nitrogens is 5. The lowest BCUT2D eigenvalue weighted by Gasteiger charge is -2.17. The van der Waals surface area contributed by atoms with E-state index in [-0.39, 0.29) is 0 Å². The molecule has 4 aromatic heterocycles. The monoisotopic (exact) mass is 1030 g/mol. The van der Waals surface area contributed by atoms with Crippen molar-refractivity contribution in [2.45, 2.75) is 0 Å². The highest BCUT2D eigenvalue weighted by Crippen LogP contribution is 2.46. The zero-order valence-corrected chi connectivity index (χ0v) is 43.8. The molecule has 378 valence electrons. The van der Waals surface area contributed by atoms with Crippen LogP contribution in [0.3, 0.4) is 0 Å². The largest absolute Gasteiger partial charge is 0.456 e. The Morgan fingerprint density at radius 2 is 0.716 bits per heavy atom. The lowest BCUT2D eigenvalue weighted by molar-refractivity contribution is 0.669. The maximum Gasteiger partial charge on any atom is 0.166 e. The van der Waals surface area contributed by atoms with E-state index in [2.05, 4.69) is 264 Å².